The molecular weight excluding hydrogens is 183 g/mol. The van der Waals surface area contributed by atoms with Crippen molar-refractivity contribution in [1.82, 2.24) is 10.6 Å². The molecule has 2 rings (SSSR count). The van der Waals surface area contributed by atoms with Gasteiger partial charge < -0.3 is 5.32 Å². The molecule has 2 aliphatic heterocycles. The molecule has 0 spiro atoms. The van der Waals surface area contributed by atoms with E-state index >= 15 is 0 Å². The molecule has 0 aliphatic carbocycles. The van der Waals surface area contributed by atoms with Gasteiger partial charge in [-0.25, -0.2) is 14.8 Å². The average Bonchev–Trinajstić information content (AvgIpc) is 2.29. The van der Waals surface area contributed by atoms with Gasteiger partial charge in [0.05, 0.1) is 0 Å². The number of carbonyl (C=O) groups is 2. The van der Waals surface area contributed by atoms with Crippen LogP contribution in [0.2, 0.25) is 0 Å². The second-order valence-corrected chi connectivity index (χ2v) is 2.70. The molecule has 2 aliphatic rings. The van der Waals surface area contributed by atoms with E-state index in [1.54, 1.807) is 6.92 Å². The van der Waals surface area contributed by atoms with Crippen molar-refractivity contribution in [1.29, 1.82) is 0 Å². The summed E-state index contributed by atoms with van der Waals surface area (Å²) < 4.78 is 0. The second kappa shape index (κ2) is 3.21. The van der Waals surface area contributed by atoms with Crippen LogP contribution in [0.5, 0.6) is 0 Å². The Kier molecular flexibility index (Phi) is 2.56. The van der Waals surface area contributed by atoms with Gasteiger partial charge in [0.1, 0.15) is 6.34 Å². The summed E-state index contributed by atoms with van der Waals surface area (Å²) in [6.45, 7) is 1.62. The molecule has 0 aromatic rings. The summed E-state index contributed by atoms with van der Waals surface area (Å²) in [5, 5.41) is 4.56. The van der Waals surface area contributed by atoms with Gasteiger partial charge in [-0.3, -0.25) is 10.1 Å². The van der Waals surface area contributed by atoms with Crippen LogP contribution in [-0.2, 0) is 4.79 Å². The summed E-state index contributed by atoms with van der Waals surface area (Å²) in [4.78, 5) is 29.6. The molecule has 6 nitrogen and oxygen atoms in total. The number of rotatable bonds is 0. The van der Waals surface area contributed by atoms with Gasteiger partial charge in [-0.2, -0.15) is 0 Å². The van der Waals surface area contributed by atoms with Gasteiger partial charge in [-0.05, 0) is 6.92 Å². The zero-order valence-corrected chi connectivity index (χ0v) is 6.29. The third kappa shape index (κ3) is 1.52. The Morgan fingerprint density at radius 3 is 2.85 bits per heavy atom. The minimum absolute atomic E-state index is 0. The molecule has 0 saturated carbocycles. The van der Waals surface area contributed by atoms with Crippen molar-refractivity contribution < 1.29 is 9.59 Å². The first-order chi connectivity index (χ1) is 5.62. The quantitative estimate of drug-likeness (QED) is 0.450. The van der Waals surface area contributed by atoms with Crippen molar-refractivity contribution in [3.8, 4) is 0 Å². The molecule has 1 fully saturated rings. The predicted octanol–water partition coefficient (Wildman–Crippen LogP) is -1.62. The molecule has 0 aromatic carbocycles. The van der Waals surface area contributed by atoms with Crippen molar-refractivity contribution >= 4 is 53.5 Å². The van der Waals surface area contributed by atoms with Gasteiger partial charge in [0.15, 0.2) is 11.4 Å². The first-order valence-electron chi connectivity index (χ1n) is 3.37. The van der Waals surface area contributed by atoms with E-state index < -0.39 is 17.6 Å². The summed E-state index contributed by atoms with van der Waals surface area (Å²) >= 11 is 0. The van der Waals surface area contributed by atoms with E-state index in [2.05, 4.69) is 20.6 Å². The third-order valence-corrected chi connectivity index (χ3v) is 1.76. The van der Waals surface area contributed by atoms with E-state index in [1.165, 1.54) is 6.34 Å². The first-order valence-corrected chi connectivity index (χ1v) is 3.37. The van der Waals surface area contributed by atoms with Crippen LogP contribution >= 0.6 is 0 Å². The van der Waals surface area contributed by atoms with Gasteiger partial charge in [0.25, 0.3) is 5.91 Å². The number of carbonyl (C=O) groups excluding carboxylic acids is 2. The SMILES string of the molecule is CC12N=CN=C1C(=O)NC(=O)N2.[NaH]. The standard InChI is InChI=1S/C6H6N4O2.Na.H/c1-6-3(7-2-8-6)4(11)9-5(12)10-6;;/h2H,1H3,(H2,9,10,11,12);;. The summed E-state index contributed by atoms with van der Waals surface area (Å²) in [6.07, 6.45) is 1.26. The van der Waals surface area contributed by atoms with Gasteiger partial charge in [0.2, 0.25) is 0 Å². The Morgan fingerprint density at radius 1 is 1.46 bits per heavy atom. The number of nitrogens with zero attached hydrogens (tertiary/aromatic N) is 2. The van der Waals surface area contributed by atoms with Gasteiger partial charge in [-0.1, -0.05) is 0 Å². The van der Waals surface area contributed by atoms with Gasteiger partial charge in [-0.15, -0.1) is 0 Å². The summed E-state index contributed by atoms with van der Waals surface area (Å²) in [5.74, 6) is -0.487. The Morgan fingerprint density at radius 2 is 2.15 bits per heavy atom. The van der Waals surface area contributed by atoms with E-state index in [9.17, 15) is 9.59 Å². The van der Waals surface area contributed by atoms with Crippen molar-refractivity contribution in [2.75, 3.05) is 0 Å². The van der Waals surface area contributed by atoms with Crippen molar-refractivity contribution in [2.45, 2.75) is 12.6 Å². The maximum atomic E-state index is 11.1. The zero-order valence-electron chi connectivity index (χ0n) is 6.29. The number of nitrogens with one attached hydrogen (secondary N) is 2. The molecule has 2 N–H and O–H groups in total. The van der Waals surface area contributed by atoms with Crippen LogP contribution in [0.15, 0.2) is 9.98 Å². The molecule has 7 heteroatoms. The van der Waals surface area contributed by atoms with Crippen LogP contribution in [0, 0.1) is 0 Å². The molecule has 2 heterocycles. The normalized spacial score (nSPS) is 29.8. The monoisotopic (exact) mass is 190 g/mol. The number of amides is 3. The summed E-state index contributed by atoms with van der Waals surface area (Å²) in [5.41, 5.74) is -0.735. The molecule has 0 aromatic heterocycles. The van der Waals surface area contributed by atoms with Crippen LogP contribution in [0.4, 0.5) is 4.79 Å². The average molecular weight is 190 g/mol. The molecule has 64 valence electrons. The topological polar surface area (TPSA) is 82.9 Å². The Balaban J connectivity index is 0.000000845. The Labute approximate surface area is 96.2 Å². The molecule has 3 amide bonds. The van der Waals surface area contributed by atoms with Crippen LogP contribution in [-0.4, -0.2) is 59.2 Å². The minimum atomic E-state index is -0.959. The van der Waals surface area contributed by atoms with E-state index in [0.29, 0.717) is 0 Å². The predicted molar refractivity (Wildman–Crippen MR) is 48.2 cm³/mol. The summed E-state index contributed by atoms with van der Waals surface area (Å²) in [6, 6.07) is -0.541. The van der Waals surface area contributed by atoms with Gasteiger partial charge in [0, 0.05) is 0 Å². The van der Waals surface area contributed by atoms with Crippen LogP contribution in [0.1, 0.15) is 6.92 Å². The van der Waals surface area contributed by atoms with Crippen LogP contribution in [0.25, 0.3) is 0 Å². The molecule has 1 atom stereocenters. The van der Waals surface area contributed by atoms with Gasteiger partial charge >= 0.3 is 35.6 Å². The number of imide groups is 1. The summed E-state index contributed by atoms with van der Waals surface area (Å²) in [7, 11) is 0. The van der Waals surface area contributed by atoms with Crippen LogP contribution in [0.3, 0.4) is 0 Å². The second-order valence-electron chi connectivity index (χ2n) is 2.70. The van der Waals surface area contributed by atoms with Crippen LogP contribution < -0.4 is 10.6 Å². The first kappa shape index (κ1) is 10.4. The third-order valence-electron chi connectivity index (χ3n) is 1.76. The number of hydrogen-bond donors (Lipinski definition) is 2. The Hall–Kier alpha value is -0.720. The fourth-order valence-corrected chi connectivity index (χ4v) is 1.17. The Bertz CT molecular complexity index is 338. The molecule has 1 unspecified atom stereocenters. The number of urea groups is 1. The number of aliphatic imine (C=N–C) groups is 2. The molecule has 0 bridgehead atoms. The number of fused-ring (bicyclic) bond motifs is 1. The van der Waals surface area contributed by atoms with E-state index in [-0.39, 0.29) is 35.3 Å². The maximum absolute atomic E-state index is 11.1. The number of hydrogen-bond acceptors (Lipinski definition) is 4. The fourth-order valence-electron chi connectivity index (χ4n) is 1.17. The molecular formula is C6H7N4NaO2. The molecule has 13 heavy (non-hydrogen) atoms. The van der Waals surface area contributed by atoms with E-state index in [0.717, 1.165) is 0 Å². The fraction of sp³-hybridized carbons (Fsp3) is 0.333. The van der Waals surface area contributed by atoms with Crippen molar-refractivity contribution in [3.05, 3.63) is 0 Å². The van der Waals surface area contributed by atoms with Crippen molar-refractivity contribution in [2.24, 2.45) is 9.98 Å². The zero-order chi connectivity index (χ0) is 8.77. The molecule has 0 radical (unpaired) electrons. The molecule has 1 saturated heterocycles. The van der Waals surface area contributed by atoms with Crippen molar-refractivity contribution in [3.63, 3.8) is 0 Å². The van der Waals surface area contributed by atoms with E-state index in [1.807, 2.05) is 0 Å². The van der Waals surface area contributed by atoms with E-state index in [4.69, 9.17) is 0 Å².